The minimum atomic E-state index is -0.498. The van der Waals surface area contributed by atoms with E-state index < -0.39 is 4.92 Å². The van der Waals surface area contributed by atoms with Crippen LogP contribution in [-0.2, 0) is 11.3 Å². The van der Waals surface area contributed by atoms with Crippen molar-refractivity contribution >= 4 is 35.6 Å². The average Bonchev–Trinajstić information content (AvgIpc) is 2.31. The maximum atomic E-state index is 11.5. The van der Waals surface area contributed by atoms with E-state index in [9.17, 15) is 14.9 Å². The van der Waals surface area contributed by atoms with Gasteiger partial charge < -0.3 is 10.6 Å². The number of benzene rings is 1. The van der Waals surface area contributed by atoms with Crippen molar-refractivity contribution in [1.82, 2.24) is 4.90 Å². The molecule has 1 aromatic carbocycles. The number of nitrogens with zero attached hydrogens (tertiary/aromatic N) is 2. The van der Waals surface area contributed by atoms with Gasteiger partial charge in [-0.25, -0.2) is 0 Å². The van der Waals surface area contributed by atoms with E-state index in [1.54, 1.807) is 7.05 Å². The number of nitro groups is 1. The number of non-ortho nitro benzene ring substituents is 1. The summed E-state index contributed by atoms with van der Waals surface area (Å²) in [6.07, 6.45) is 0.239. The Morgan fingerprint density at radius 3 is 2.68 bits per heavy atom. The second kappa shape index (κ2) is 7.93. The van der Waals surface area contributed by atoms with Gasteiger partial charge in [-0.15, -0.1) is 12.4 Å². The molecule has 0 aromatic heterocycles. The third kappa shape index (κ3) is 5.02. The predicted octanol–water partition coefficient (Wildman–Crippen LogP) is 1.98. The first kappa shape index (κ1) is 17.6. The molecule has 0 spiro atoms. The van der Waals surface area contributed by atoms with E-state index >= 15 is 0 Å². The second-order valence-electron chi connectivity index (χ2n) is 3.82. The number of hydrogen-bond acceptors (Lipinski definition) is 4. The lowest BCUT2D eigenvalue weighted by Gasteiger charge is -2.17. The van der Waals surface area contributed by atoms with Gasteiger partial charge in [0.25, 0.3) is 5.69 Å². The summed E-state index contributed by atoms with van der Waals surface area (Å²) >= 11 is 5.94. The molecule has 6 nitrogen and oxygen atoms in total. The van der Waals surface area contributed by atoms with E-state index in [2.05, 4.69) is 0 Å². The molecule has 0 atom stereocenters. The lowest BCUT2D eigenvalue weighted by atomic mass is 10.2. The fraction of sp³-hybridized carbons (Fsp3) is 0.364. The maximum absolute atomic E-state index is 11.5. The highest BCUT2D eigenvalue weighted by atomic mass is 35.5. The molecule has 0 saturated heterocycles. The maximum Gasteiger partial charge on any atom is 0.269 e. The fourth-order valence-electron chi connectivity index (χ4n) is 1.45. The summed E-state index contributed by atoms with van der Waals surface area (Å²) in [6, 6.07) is 4.15. The minimum absolute atomic E-state index is 0. The van der Waals surface area contributed by atoms with Gasteiger partial charge >= 0.3 is 0 Å². The molecular formula is C11H15Cl2N3O3. The monoisotopic (exact) mass is 307 g/mol. The third-order valence-electron chi connectivity index (χ3n) is 2.43. The quantitative estimate of drug-likeness (QED) is 0.665. The zero-order valence-electron chi connectivity index (χ0n) is 10.3. The summed E-state index contributed by atoms with van der Waals surface area (Å²) in [5.41, 5.74) is 5.78. The van der Waals surface area contributed by atoms with Gasteiger partial charge in [0.1, 0.15) is 0 Å². The molecule has 0 aliphatic heterocycles. The number of carbonyl (C=O) groups excluding carboxylic acids is 1. The molecule has 0 fully saturated rings. The molecule has 2 N–H and O–H groups in total. The van der Waals surface area contributed by atoms with Gasteiger partial charge in [-0.05, 0) is 11.6 Å². The van der Waals surface area contributed by atoms with Crippen LogP contribution in [0.4, 0.5) is 5.69 Å². The van der Waals surface area contributed by atoms with Crippen LogP contribution < -0.4 is 5.73 Å². The number of carbonyl (C=O) groups is 1. The van der Waals surface area contributed by atoms with Crippen molar-refractivity contribution in [1.29, 1.82) is 0 Å². The summed E-state index contributed by atoms with van der Waals surface area (Å²) in [5, 5.41) is 11.0. The standard InChI is InChI=1S/C11H14ClN3O3.ClH/c1-14(11(16)4-5-13)7-8-6-9(15(17)18)2-3-10(8)12;/h2-3,6H,4-5,7,13H2,1H3;1H. The van der Waals surface area contributed by atoms with Crippen molar-refractivity contribution in [3.8, 4) is 0 Å². The molecular weight excluding hydrogens is 293 g/mol. The van der Waals surface area contributed by atoms with Crippen LogP contribution in [0.5, 0.6) is 0 Å². The van der Waals surface area contributed by atoms with Crippen LogP contribution in [0.3, 0.4) is 0 Å². The molecule has 0 bridgehead atoms. The van der Waals surface area contributed by atoms with Crippen molar-refractivity contribution in [2.75, 3.05) is 13.6 Å². The Morgan fingerprint density at radius 2 is 2.16 bits per heavy atom. The van der Waals surface area contributed by atoms with Crippen LogP contribution in [-0.4, -0.2) is 29.3 Å². The molecule has 1 rings (SSSR count). The van der Waals surface area contributed by atoms with Crippen LogP contribution in [0.1, 0.15) is 12.0 Å². The van der Waals surface area contributed by atoms with Gasteiger partial charge in [0, 0.05) is 43.7 Å². The van der Waals surface area contributed by atoms with Gasteiger partial charge in [-0.3, -0.25) is 14.9 Å². The Balaban J connectivity index is 0.00000324. The Labute approximate surface area is 122 Å². The summed E-state index contributed by atoms with van der Waals surface area (Å²) in [4.78, 5) is 23.1. The predicted molar refractivity (Wildman–Crippen MR) is 75.5 cm³/mol. The molecule has 0 saturated carbocycles. The Hall–Kier alpha value is -1.37. The van der Waals surface area contributed by atoms with Crippen LogP contribution in [0.25, 0.3) is 0 Å². The molecule has 0 radical (unpaired) electrons. The highest BCUT2D eigenvalue weighted by Gasteiger charge is 2.14. The molecule has 0 aliphatic rings. The summed E-state index contributed by atoms with van der Waals surface area (Å²) in [7, 11) is 1.60. The Bertz CT molecular complexity index is 468. The number of nitrogens with two attached hydrogens (primary N) is 1. The molecule has 106 valence electrons. The highest BCUT2D eigenvalue weighted by molar-refractivity contribution is 6.31. The van der Waals surface area contributed by atoms with E-state index in [4.69, 9.17) is 17.3 Å². The van der Waals surface area contributed by atoms with Crippen LogP contribution >= 0.6 is 24.0 Å². The van der Waals surface area contributed by atoms with Crippen LogP contribution in [0.15, 0.2) is 18.2 Å². The van der Waals surface area contributed by atoms with E-state index in [0.29, 0.717) is 10.6 Å². The van der Waals surface area contributed by atoms with Crippen LogP contribution in [0.2, 0.25) is 5.02 Å². The number of amides is 1. The van der Waals surface area contributed by atoms with Gasteiger partial charge in [-0.1, -0.05) is 11.6 Å². The minimum Gasteiger partial charge on any atom is -0.341 e. The fourth-order valence-corrected chi connectivity index (χ4v) is 1.63. The molecule has 8 heteroatoms. The van der Waals surface area contributed by atoms with Crippen LogP contribution in [0, 0.1) is 10.1 Å². The van der Waals surface area contributed by atoms with E-state index in [-0.39, 0.29) is 43.5 Å². The van der Waals surface area contributed by atoms with E-state index in [1.165, 1.54) is 23.1 Å². The summed E-state index contributed by atoms with van der Waals surface area (Å²) in [6.45, 7) is 0.491. The van der Waals surface area contributed by atoms with Crippen molar-refractivity contribution in [2.24, 2.45) is 5.73 Å². The van der Waals surface area contributed by atoms with Crippen molar-refractivity contribution < 1.29 is 9.72 Å². The highest BCUT2D eigenvalue weighted by Crippen LogP contribution is 2.23. The Morgan fingerprint density at radius 1 is 1.53 bits per heavy atom. The SMILES string of the molecule is CN(Cc1cc([N+](=O)[O-])ccc1Cl)C(=O)CCN.Cl. The van der Waals surface area contributed by atoms with Gasteiger partial charge in [0.2, 0.25) is 5.91 Å². The summed E-state index contributed by atoms with van der Waals surface area (Å²) in [5.74, 6) is -0.125. The number of halogens is 2. The molecule has 19 heavy (non-hydrogen) atoms. The molecule has 0 heterocycles. The van der Waals surface area contributed by atoms with Gasteiger partial charge in [0.05, 0.1) is 4.92 Å². The third-order valence-corrected chi connectivity index (χ3v) is 2.80. The first-order valence-corrected chi connectivity index (χ1v) is 5.70. The number of hydrogen-bond donors (Lipinski definition) is 1. The molecule has 0 unspecified atom stereocenters. The van der Waals surface area contributed by atoms with E-state index in [0.717, 1.165) is 0 Å². The lowest BCUT2D eigenvalue weighted by Crippen LogP contribution is -2.28. The molecule has 0 aliphatic carbocycles. The normalized spacial score (nSPS) is 9.63. The van der Waals surface area contributed by atoms with E-state index in [1.807, 2.05) is 0 Å². The Kier molecular flexibility index (Phi) is 7.36. The zero-order chi connectivity index (χ0) is 13.7. The van der Waals surface area contributed by atoms with Crippen molar-refractivity contribution in [3.05, 3.63) is 38.9 Å². The number of nitro benzene ring substituents is 1. The first-order chi connectivity index (χ1) is 8.45. The topological polar surface area (TPSA) is 89.5 Å². The molecule has 1 aromatic rings. The first-order valence-electron chi connectivity index (χ1n) is 5.32. The summed E-state index contributed by atoms with van der Waals surface area (Å²) < 4.78 is 0. The second-order valence-corrected chi connectivity index (χ2v) is 4.23. The smallest absolute Gasteiger partial charge is 0.269 e. The zero-order valence-corrected chi connectivity index (χ0v) is 11.9. The molecule has 1 amide bonds. The average molecular weight is 308 g/mol. The van der Waals surface area contributed by atoms with Gasteiger partial charge in [0.15, 0.2) is 0 Å². The number of rotatable bonds is 5. The van der Waals surface area contributed by atoms with Gasteiger partial charge in [-0.2, -0.15) is 0 Å². The van der Waals surface area contributed by atoms with Crippen molar-refractivity contribution in [2.45, 2.75) is 13.0 Å². The lowest BCUT2D eigenvalue weighted by molar-refractivity contribution is -0.384. The largest absolute Gasteiger partial charge is 0.341 e. The van der Waals surface area contributed by atoms with Crippen molar-refractivity contribution in [3.63, 3.8) is 0 Å².